The normalized spacial score (nSPS) is 9.75. The number of nitrogens with zero attached hydrogens (tertiary/aromatic N) is 2. The van der Waals surface area contributed by atoms with Crippen molar-refractivity contribution < 1.29 is 0 Å². The molecule has 1 aromatic rings. The minimum atomic E-state index is 1.07. The van der Waals surface area contributed by atoms with Gasteiger partial charge in [-0.15, -0.1) is 0 Å². The molecular formula is C5H9N2P. The molecule has 44 valence electrons. The highest BCUT2D eigenvalue weighted by atomic mass is 31.0. The molecule has 0 amide bonds. The first-order valence-corrected chi connectivity index (χ1v) is 2.94. The van der Waals surface area contributed by atoms with Crippen molar-refractivity contribution >= 4 is 8.86 Å². The Morgan fingerprint density at radius 2 is 1.62 bits per heavy atom. The van der Waals surface area contributed by atoms with Crippen molar-refractivity contribution in [1.29, 1.82) is 0 Å². The summed E-state index contributed by atoms with van der Waals surface area (Å²) >= 11 is 0. The van der Waals surface area contributed by atoms with E-state index in [9.17, 15) is 0 Å². The van der Waals surface area contributed by atoms with E-state index in [1.54, 1.807) is 0 Å². The summed E-state index contributed by atoms with van der Waals surface area (Å²) in [6, 6.07) is 0. The summed E-state index contributed by atoms with van der Waals surface area (Å²) < 4.78 is 3.99. The Labute approximate surface area is 50.6 Å². The Balaban J connectivity index is 3.42. The largest absolute Gasteiger partial charge is 0.333 e. The third-order valence-electron chi connectivity index (χ3n) is 1.18. The van der Waals surface area contributed by atoms with Crippen LogP contribution >= 0.6 is 8.86 Å². The van der Waals surface area contributed by atoms with Crippen LogP contribution in [0.2, 0.25) is 0 Å². The van der Waals surface area contributed by atoms with Crippen LogP contribution in [0.15, 0.2) is 12.4 Å². The lowest BCUT2D eigenvalue weighted by molar-refractivity contribution is 0.812. The molecule has 3 heteroatoms. The Bertz CT molecular complexity index is 210. The number of hydrogen-bond acceptors (Lipinski definition) is 0. The van der Waals surface area contributed by atoms with Gasteiger partial charge in [0.15, 0.2) is 0 Å². The van der Waals surface area contributed by atoms with Gasteiger partial charge in [-0.2, -0.15) is 0 Å². The second-order valence-electron chi connectivity index (χ2n) is 1.84. The zero-order chi connectivity index (χ0) is 6.15. The number of aryl methyl sites for hydroxylation is 2. The minimum Gasteiger partial charge on any atom is -0.333 e. The van der Waals surface area contributed by atoms with Crippen LogP contribution in [-0.4, -0.2) is 9.13 Å². The molecule has 0 aliphatic carbocycles. The van der Waals surface area contributed by atoms with Crippen molar-refractivity contribution in [1.82, 2.24) is 9.13 Å². The summed E-state index contributed by atoms with van der Waals surface area (Å²) in [5, 5.41) is 1.07. The molecule has 0 aliphatic heterocycles. The fraction of sp³-hybridized carbons (Fsp3) is 0.400. The van der Waals surface area contributed by atoms with E-state index in [0.29, 0.717) is 0 Å². The summed E-state index contributed by atoms with van der Waals surface area (Å²) in [5.41, 5.74) is 0. The Morgan fingerprint density at radius 1 is 1.25 bits per heavy atom. The smallest absolute Gasteiger partial charge is 0.131 e. The van der Waals surface area contributed by atoms with E-state index in [2.05, 4.69) is 8.86 Å². The Kier molecular flexibility index (Phi) is 1.26. The van der Waals surface area contributed by atoms with Gasteiger partial charge in [0.05, 0.1) is 0 Å². The summed E-state index contributed by atoms with van der Waals surface area (Å²) in [5.74, 6) is 0. The van der Waals surface area contributed by atoms with Crippen molar-refractivity contribution in [3.8, 4) is 0 Å². The first-order chi connectivity index (χ1) is 3.72. The maximum Gasteiger partial charge on any atom is 0.131 e. The van der Waals surface area contributed by atoms with E-state index < -0.39 is 0 Å². The maximum atomic E-state index is 3.42. The molecular weight excluding hydrogens is 119 g/mol. The highest BCUT2D eigenvalue weighted by Gasteiger charge is 1.83. The van der Waals surface area contributed by atoms with Crippen molar-refractivity contribution in [3.63, 3.8) is 0 Å². The molecule has 0 fully saturated rings. The molecule has 1 aromatic heterocycles. The molecule has 0 atom stereocenters. The first kappa shape index (κ1) is 5.64. The molecule has 0 radical (unpaired) electrons. The predicted molar refractivity (Wildman–Crippen MR) is 35.9 cm³/mol. The average Bonchev–Trinajstić information content (AvgIpc) is 1.98. The third kappa shape index (κ3) is 0.716. The molecule has 0 bridgehead atoms. The summed E-state index contributed by atoms with van der Waals surface area (Å²) in [4.78, 5) is 0. The van der Waals surface area contributed by atoms with E-state index >= 15 is 0 Å². The van der Waals surface area contributed by atoms with Crippen LogP contribution in [0.4, 0.5) is 0 Å². The molecule has 0 aliphatic rings. The summed E-state index contributed by atoms with van der Waals surface area (Å²) in [6.45, 7) is 0. The quantitative estimate of drug-likeness (QED) is 0.462. The fourth-order valence-electron chi connectivity index (χ4n) is 0.590. The van der Waals surface area contributed by atoms with E-state index in [1.807, 2.05) is 35.6 Å². The van der Waals surface area contributed by atoms with Gasteiger partial charge in [0, 0.05) is 26.5 Å². The zero-order valence-electron chi connectivity index (χ0n) is 5.05. The van der Waals surface area contributed by atoms with Crippen LogP contribution < -0.4 is 0 Å². The lowest BCUT2D eigenvalue weighted by atomic mass is 10.9. The monoisotopic (exact) mass is 128 g/mol. The van der Waals surface area contributed by atoms with Crippen molar-refractivity contribution in [2.75, 3.05) is 0 Å². The van der Waals surface area contributed by atoms with E-state index in [1.165, 1.54) is 0 Å². The van der Waals surface area contributed by atoms with Crippen LogP contribution in [0.5, 0.6) is 0 Å². The van der Waals surface area contributed by atoms with Crippen molar-refractivity contribution in [2.24, 2.45) is 14.1 Å². The zero-order valence-corrected chi connectivity index (χ0v) is 6.05. The second kappa shape index (κ2) is 1.79. The molecule has 0 aromatic carbocycles. The first-order valence-electron chi connectivity index (χ1n) is 2.44. The predicted octanol–water partition coefficient (Wildman–Crippen LogP) is 1.04. The second-order valence-corrected chi connectivity index (χ2v) is 2.29. The van der Waals surface area contributed by atoms with Gasteiger partial charge in [0.2, 0.25) is 0 Å². The van der Waals surface area contributed by atoms with Gasteiger partial charge < -0.3 is 9.13 Å². The summed E-state index contributed by atoms with van der Waals surface area (Å²) in [7, 11) is 7.40. The molecule has 0 spiro atoms. The van der Waals surface area contributed by atoms with Gasteiger partial charge in [0.1, 0.15) is 5.20 Å². The van der Waals surface area contributed by atoms with Gasteiger partial charge >= 0.3 is 0 Å². The van der Waals surface area contributed by atoms with Gasteiger partial charge in [-0.3, -0.25) is 0 Å². The van der Waals surface area contributed by atoms with Gasteiger partial charge in [-0.25, -0.2) is 0 Å². The van der Waals surface area contributed by atoms with Crippen LogP contribution in [0.1, 0.15) is 0 Å². The molecule has 8 heavy (non-hydrogen) atoms. The minimum absolute atomic E-state index is 1.07. The molecule has 1 rings (SSSR count). The lowest BCUT2D eigenvalue weighted by Gasteiger charge is -1.88. The standard InChI is InChI=1S/C5H9N2P/c1-6-3-4-7(2)5(6)8/h3-4,8H,1-2H3. The SMILES string of the molecule is Cn1ccn(C)c1=P. The average molecular weight is 128 g/mol. The van der Waals surface area contributed by atoms with E-state index in [4.69, 9.17) is 0 Å². The molecule has 2 nitrogen and oxygen atoms in total. The number of hydrogen-bond donors (Lipinski definition) is 0. The van der Waals surface area contributed by atoms with E-state index in [0.717, 1.165) is 5.20 Å². The number of imidazole rings is 1. The van der Waals surface area contributed by atoms with Crippen molar-refractivity contribution in [3.05, 3.63) is 17.6 Å². The number of aromatic nitrogens is 2. The Hall–Kier alpha value is -0.490. The summed E-state index contributed by atoms with van der Waals surface area (Å²) in [6.07, 6.45) is 3.98. The van der Waals surface area contributed by atoms with Gasteiger partial charge in [-0.1, -0.05) is 8.86 Å². The Morgan fingerprint density at radius 3 is 1.75 bits per heavy atom. The molecule has 1 heterocycles. The van der Waals surface area contributed by atoms with Crippen LogP contribution in [0, 0.1) is 5.20 Å². The third-order valence-corrected chi connectivity index (χ3v) is 1.89. The number of rotatable bonds is 0. The van der Waals surface area contributed by atoms with Gasteiger partial charge in [-0.05, 0) is 0 Å². The molecule has 0 N–H and O–H groups in total. The van der Waals surface area contributed by atoms with Crippen LogP contribution in [-0.2, 0) is 14.1 Å². The molecule has 0 saturated heterocycles. The van der Waals surface area contributed by atoms with Crippen LogP contribution in [0.3, 0.4) is 0 Å². The molecule has 0 unspecified atom stereocenters. The fourth-order valence-corrected chi connectivity index (χ4v) is 0.739. The highest BCUT2D eigenvalue weighted by molar-refractivity contribution is 7.06. The lowest BCUT2D eigenvalue weighted by Crippen LogP contribution is -1.88. The van der Waals surface area contributed by atoms with Gasteiger partial charge in [0.25, 0.3) is 0 Å². The van der Waals surface area contributed by atoms with Crippen molar-refractivity contribution in [2.45, 2.75) is 0 Å². The van der Waals surface area contributed by atoms with Crippen LogP contribution in [0.25, 0.3) is 0 Å². The topological polar surface area (TPSA) is 9.86 Å². The highest BCUT2D eigenvalue weighted by Crippen LogP contribution is 1.90. The molecule has 0 saturated carbocycles. The van der Waals surface area contributed by atoms with E-state index in [-0.39, 0.29) is 0 Å². The maximum absolute atomic E-state index is 3.42.